The molecule has 12 heteroatoms. The number of aliphatic hydroxyl groups is 1. The molecule has 0 saturated heterocycles. The van der Waals surface area contributed by atoms with Gasteiger partial charge in [0, 0.05) is 48.2 Å². The highest BCUT2D eigenvalue weighted by atomic mass is 16.5. The molecule has 214 valence electrons. The van der Waals surface area contributed by atoms with Crippen molar-refractivity contribution < 1.29 is 28.8 Å². The topological polar surface area (TPSA) is 159 Å². The second-order valence-corrected chi connectivity index (χ2v) is 9.21. The van der Waals surface area contributed by atoms with E-state index in [1.807, 2.05) is 18.2 Å². The van der Waals surface area contributed by atoms with E-state index in [9.17, 15) is 4.79 Å². The van der Waals surface area contributed by atoms with E-state index in [2.05, 4.69) is 20.9 Å². The van der Waals surface area contributed by atoms with Gasteiger partial charge in [-0.05, 0) is 53.1 Å². The van der Waals surface area contributed by atoms with Crippen molar-refractivity contribution in [2.75, 3.05) is 34.0 Å². The highest BCUT2D eigenvalue weighted by Gasteiger charge is 2.45. The number of hydrogen-bond acceptors (Lipinski definition) is 9. The average Bonchev–Trinajstić information content (AvgIpc) is 3.43. The molecule has 41 heavy (non-hydrogen) atoms. The lowest BCUT2D eigenvalue weighted by Crippen LogP contribution is -2.52. The molecule has 0 radical (unpaired) electrons. The molecule has 3 aromatic rings. The smallest absolute Gasteiger partial charge is 0.266 e. The third-order valence-corrected chi connectivity index (χ3v) is 6.39. The van der Waals surface area contributed by atoms with Gasteiger partial charge in [-0.1, -0.05) is 29.4 Å². The Kier molecular flexibility index (Phi) is 10.0. The fraction of sp³-hybridized carbons (Fsp3) is 0.310. The van der Waals surface area contributed by atoms with E-state index in [0.717, 1.165) is 5.56 Å². The molecule has 1 aliphatic rings. The van der Waals surface area contributed by atoms with Crippen molar-refractivity contribution in [1.29, 1.82) is 0 Å². The van der Waals surface area contributed by atoms with Gasteiger partial charge in [-0.25, -0.2) is 10.4 Å². The minimum absolute atomic E-state index is 0.0256. The molecule has 12 nitrogen and oxygen atoms in total. The van der Waals surface area contributed by atoms with E-state index in [0.29, 0.717) is 59.5 Å². The number of aliphatic imine (C=N–C) groups is 1. The number of nitrogens with zero attached hydrogens (tertiary/aromatic N) is 4. The minimum atomic E-state index is -1.34. The predicted octanol–water partition coefficient (Wildman–Crippen LogP) is 3.99. The first kappa shape index (κ1) is 29.2. The Morgan fingerprint density at radius 1 is 1.10 bits per heavy atom. The second kappa shape index (κ2) is 14.0. The Hall–Kier alpha value is -4.77. The molecule has 0 aliphatic carbocycles. The van der Waals surface area contributed by atoms with E-state index in [4.69, 9.17) is 34.6 Å². The van der Waals surface area contributed by atoms with Gasteiger partial charge in [0.1, 0.15) is 23.9 Å². The standard InChI is InChI=1S/C29H32N6O6/c1-38-24-14-20(15-25(16-24)39-2)18-31-34-28(37)29(17-22-6-3-4-7-26(22)33-35-30)19-41-27(32-29)21-8-10-23(11-9-21)40-13-5-12-36/h3-4,6-11,14-16,31,36H,5,12-13,17-19H2,1-2H3,(H,34,37)/t29-/m0/s1. The Labute approximate surface area is 237 Å². The van der Waals surface area contributed by atoms with Crippen LogP contribution in [0, 0.1) is 0 Å². The lowest BCUT2D eigenvalue weighted by atomic mass is 9.91. The zero-order valence-corrected chi connectivity index (χ0v) is 22.9. The van der Waals surface area contributed by atoms with Gasteiger partial charge in [0.25, 0.3) is 5.91 Å². The van der Waals surface area contributed by atoms with Crippen LogP contribution >= 0.6 is 0 Å². The molecule has 1 heterocycles. The third-order valence-electron chi connectivity index (χ3n) is 6.39. The number of azide groups is 1. The Morgan fingerprint density at radius 2 is 1.83 bits per heavy atom. The number of rotatable bonds is 14. The van der Waals surface area contributed by atoms with E-state index in [-0.39, 0.29) is 19.6 Å². The van der Waals surface area contributed by atoms with Crippen molar-refractivity contribution >= 4 is 17.5 Å². The number of carbonyl (C=O) groups excluding carboxylic acids is 1. The summed E-state index contributed by atoms with van der Waals surface area (Å²) in [6, 6.07) is 19.6. The van der Waals surface area contributed by atoms with Crippen LogP contribution in [0.3, 0.4) is 0 Å². The third kappa shape index (κ3) is 7.46. The zero-order valence-electron chi connectivity index (χ0n) is 22.9. The van der Waals surface area contributed by atoms with Gasteiger partial charge in [0.2, 0.25) is 5.90 Å². The van der Waals surface area contributed by atoms with Crippen LogP contribution in [-0.2, 0) is 22.5 Å². The van der Waals surface area contributed by atoms with Gasteiger partial charge in [-0.2, -0.15) is 0 Å². The van der Waals surface area contributed by atoms with Crippen LogP contribution in [0.4, 0.5) is 5.69 Å². The van der Waals surface area contributed by atoms with Crippen molar-refractivity contribution in [3.05, 3.63) is 93.9 Å². The molecule has 1 amide bonds. The van der Waals surface area contributed by atoms with Gasteiger partial charge in [0.15, 0.2) is 5.54 Å². The van der Waals surface area contributed by atoms with Crippen molar-refractivity contribution in [2.24, 2.45) is 10.1 Å². The number of amides is 1. The number of hydrogen-bond donors (Lipinski definition) is 3. The molecule has 0 spiro atoms. The molecule has 3 aromatic carbocycles. The van der Waals surface area contributed by atoms with Crippen LogP contribution in [0.15, 0.2) is 76.8 Å². The van der Waals surface area contributed by atoms with E-state index >= 15 is 0 Å². The Morgan fingerprint density at radius 3 is 2.51 bits per heavy atom. The van der Waals surface area contributed by atoms with Gasteiger partial charge in [-0.3, -0.25) is 10.2 Å². The zero-order chi connectivity index (χ0) is 29.1. The number of ether oxygens (including phenoxy) is 4. The molecule has 1 atom stereocenters. The molecule has 0 saturated carbocycles. The molecular formula is C29H32N6O6. The van der Waals surface area contributed by atoms with Crippen molar-refractivity contribution in [3.8, 4) is 17.2 Å². The lowest BCUT2D eigenvalue weighted by molar-refractivity contribution is -0.127. The fourth-order valence-corrected chi connectivity index (χ4v) is 4.26. The first-order valence-electron chi connectivity index (χ1n) is 13.0. The minimum Gasteiger partial charge on any atom is -0.497 e. The normalized spacial score (nSPS) is 15.7. The van der Waals surface area contributed by atoms with Crippen molar-refractivity contribution in [3.63, 3.8) is 0 Å². The summed E-state index contributed by atoms with van der Waals surface area (Å²) in [7, 11) is 3.14. The van der Waals surface area contributed by atoms with Crippen LogP contribution in [0.5, 0.6) is 17.2 Å². The molecular weight excluding hydrogens is 528 g/mol. The van der Waals surface area contributed by atoms with Gasteiger partial charge in [-0.15, -0.1) is 0 Å². The number of benzene rings is 3. The summed E-state index contributed by atoms with van der Waals surface area (Å²) in [5, 5.41) is 12.7. The largest absolute Gasteiger partial charge is 0.497 e. The number of nitrogens with one attached hydrogen (secondary N) is 2. The van der Waals surface area contributed by atoms with E-state index < -0.39 is 11.4 Å². The lowest BCUT2D eigenvalue weighted by Gasteiger charge is -2.24. The summed E-state index contributed by atoms with van der Waals surface area (Å²) in [6.07, 6.45) is 0.667. The summed E-state index contributed by atoms with van der Waals surface area (Å²) in [6.45, 7) is 0.719. The Bertz CT molecular complexity index is 1400. The van der Waals surface area contributed by atoms with Gasteiger partial charge >= 0.3 is 0 Å². The summed E-state index contributed by atoms with van der Waals surface area (Å²) >= 11 is 0. The number of hydrazine groups is 1. The summed E-state index contributed by atoms with van der Waals surface area (Å²) in [4.78, 5) is 21.4. The SMILES string of the molecule is COc1cc(CNNC(=O)[C@]2(Cc3ccccc3N=[N+]=[N-])COC(c3ccc(OCCCO)cc3)=N2)cc(OC)c1. The average molecular weight is 561 g/mol. The highest BCUT2D eigenvalue weighted by molar-refractivity contribution is 6.00. The van der Waals surface area contributed by atoms with E-state index in [1.54, 1.807) is 62.8 Å². The Balaban J connectivity index is 1.56. The molecule has 0 unspecified atom stereocenters. The van der Waals surface area contributed by atoms with Gasteiger partial charge < -0.3 is 24.1 Å². The molecule has 0 fully saturated rings. The highest BCUT2D eigenvalue weighted by Crippen LogP contribution is 2.31. The maximum Gasteiger partial charge on any atom is 0.266 e. The predicted molar refractivity (Wildman–Crippen MR) is 152 cm³/mol. The number of aliphatic hydroxyl groups excluding tert-OH is 1. The first-order valence-corrected chi connectivity index (χ1v) is 13.0. The fourth-order valence-electron chi connectivity index (χ4n) is 4.26. The maximum absolute atomic E-state index is 13.7. The van der Waals surface area contributed by atoms with Crippen molar-refractivity contribution in [2.45, 2.75) is 24.9 Å². The van der Waals surface area contributed by atoms with Crippen LogP contribution in [-0.4, -0.2) is 56.5 Å². The first-order chi connectivity index (χ1) is 20.0. The summed E-state index contributed by atoms with van der Waals surface area (Å²) in [5.74, 6) is 1.79. The van der Waals surface area contributed by atoms with E-state index in [1.165, 1.54) is 0 Å². The van der Waals surface area contributed by atoms with Crippen molar-refractivity contribution in [1.82, 2.24) is 10.9 Å². The van der Waals surface area contributed by atoms with Gasteiger partial charge in [0.05, 0.1) is 20.8 Å². The molecule has 0 aromatic heterocycles. The molecule has 0 bridgehead atoms. The van der Waals surface area contributed by atoms with Crippen LogP contribution in [0.25, 0.3) is 10.4 Å². The molecule has 1 aliphatic heterocycles. The van der Waals surface area contributed by atoms with Crippen LogP contribution < -0.4 is 25.1 Å². The quantitative estimate of drug-likeness (QED) is 0.0884. The second-order valence-electron chi connectivity index (χ2n) is 9.21. The van der Waals surface area contributed by atoms with Crippen LogP contribution in [0.2, 0.25) is 0 Å². The van der Waals surface area contributed by atoms with Crippen LogP contribution in [0.1, 0.15) is 23.1 Å². The molecule has 4 rings (SSSR count). The monoisotopic (exact) mass is 560 g/mol. The summed E-state index contributed by atoms with van der Waals surface area (Å²) in [5.41, 5.74) is 16.0. The number of methoxy groups -OCH3 is 2. The molecule has 3 N–H and O–H groups in total. The summed E-state index contributed by atoms with van der Waals surface area (Å²) < 4.78 is 22.2. The maximum atomic E-state index is 13.7. The number of carbonyl (C=O) groups is 1.